The summed E-state index contributed by atoms with van der Waals surface area (Å²) in [5.41, 5.74) is 7.17. The van der Waals surface area contributed by atoms with Crippen molar-refractivity contribution in [1.82, 2.24) is 0 Å². The third-order valence-electron chi connectivity index (χ3n) is 2.68. The van der Waals surface area contributed by atoms with Crippen LogP contribution in [0.3, 0.4) is 0 Å². The van der Waals surface area contributed by atoms with Crippen LogP contribution in [0.5, 0.6) is 5.75 Å². The smallest absolute Gasteiger partial charge is 0.193 e. The van der Waals surface area contributed by atoms with E-state index < -0.39 is 0 Å². The number of hydrogen-bond donors (Lipinski definition) is 1. The number of rotatable bonds is 4. The molecular formula is C15H13BrClNO2. The van der Waals surface area contributed by atoms with Gasteiger partial charge in [-0.05, 0) is 59.3 Å². The molecule has 0 amide bonds. The maximum absolute atomic E-state index is 12.4. The minimum atomic E-state index is -0.136. The maximum Gasteiger partial charge on any atom is 0.193 e. The quantitative estimate of drug-likeness (QED) is 0.657. The highest BCUT2D eigenvalue weighted by Crippen LogP contribution is 2.27. The van der Waals surface area contributed by atoms with Crippen molar-refractivity contribution in [2.75, 3.05) is 12.3 Å². The molecule has 0 heterocycles. The number of anilines is 1. The van der Waals surface area contributed by atoms with Gasteiger partial charge in [-0.2, -0.15) is 0 Å². The van der Waals surface area contributed by atoms with E-state index >= 15 is 0 Å². The first-order chi connectivity index (χ1) is 9.51. The third kappa shape index (κ3) is 3.32. The van der Waals surface area contributed by atoms with Crippen molar-refractivity contribution >= 4 is 39.0 Å². The summed E-state index contributed by atoms with van der Waals surface area (Å²) in [4.78, 5) is 12.4. The molecule has 0 radical (unpaired) electrons. The van der Waals surface area contributed by atoms with Gasteiger partial charge in [-0.25, -0.2) is 0 Å². The van der Waals surface area contributed by atoms with Crippen molar-refractivity contribution in [2.45, 2.75) is 6.92 Å². The summed E-state index contributed by atoms with van der Waals surface area (Å²) in [7, 11) is 0. The molecule has 0 aliphatic carbocycles. The Morgan fingerprint density at radius 3 is 2.60 bits per heavy atom. The second kappa shape index (κ2) is 6.29. The van der Waals surface area contributed by atoms with E-state index in [9.17, 15) is 4.79 Å². The van der Waals surface area contributed by atoms with Gasteiger partial charge in [0.1, 0.15) is 5.75 Å². The number of carbonyl (C=O) groups excluding carboxylic acids is 1. The summed E-state index contributed by atoms with van der Waals surface area (Å²) >= 11 is 9.31. The van der Waals surface area contributed by atoms with E-state index in [1.807, 2.05) is 6.92 Å². The number of benzene rings is 2. The number of hydrogen-bond acceptors (Lipinski definition) is 3. The molecule has 0 aromatic heterocycles. The molecule has 2 aromatic carbocycles. The highest BCUT2D eigenvalue weighted by Gasteiger charge is 2.12. The van der Waals surface area contributed by atoms with Crippen LogP contribution in [0.25, 0.3) is 0 Å². The van der Waals surface area contributed by atoms with Crippen LogP contribution in [0.4, 0.5) is 5.69 Å². The average molecular weight is 355 g/mol. The van der Waals surface area contributed by atoms with Gasteiger partial charge in [-0.15, -0.1) is 0 Å². The first-order valence-corrected chi connectivity index (χ1v) is 7.21. The Balaban J connectivity index is 2.36. The Morgan fingerprint density at radius 1 is 1.25 bits per heavy atom. The molecule has 0 spiro atoms. The molecule has 3 nitrogen and oxygen atoms in total. The van der Waals surface area contributed by atoms with Gasteiger partial charge < -0.3 is 10.5 Å². The van der Waals surface area contributed by atoms with Crippen LogP contribution in [0.1, 0.15) is 22.8 Å². The second-order valence-corrected chi connectivity index (χ2v) is 5.47. The minimum absolute atomic E-state index is 0.136. The number of halogens is 2. The van der Waals surface area contributed by atoms with Crippen molar-refractivity contribution in [3.05, 3.63) is 57.0 Å². The fourth-order valence-electron chi connectivity index (χ4n) is 1.82. The molecular weight excluding hydrogens is 342 g/mol. The Hall–Kier alpha value is -1.52. The molecule has 0 unspecified atom stereocenters. The lowest BCUT2D eigenvalue weighted by atomic mass is 10.0. The topological polar surface area (TPSA) is 52.3 Å². The van der Waals surface area contributed by atoms with Gasteiger partial charge in [0.2, 0.25) is 0 Å². The number of nitrogen functional groups attached to an aromatic ring is 1. The standard InChI is InChI=1S/C15H13BrClNO2/c1-2-20-14-4-3-9(7-13(14)16)15(19)10-5-11(17)8-12(18)6-10/h3-8H,2,18H2,1H3. The zero-order chi connectivity index (χ0) is 14.7. The number of nitrogens with two attached hydrogens (primary N) is 1. The van der Waals surface area contributed by atoms with Gasteiger partial charge in [0.15, 0.2) is 5.78 Å². The van der Waals surface area contributed by atoms with Crippen molar-refractivity contribution in [3.63, 3.8) is 0 Å². The Bertz CT molecular complexity index is 638. The molecule has 0 fully saturated rings. The van der Waals surface area contributed by atoms with Gasteiger partial charge in [0.05, 0.1) is 11.1 Å². The van der Waals surface area contributed by atoms with Gasteiger partial charge in [-0.1, -0.05) is 11.6 Å². The predicted octanol–water partition coefficient (Wildman–Crippen LogP) is 4.31. The normalized spacial score (nSPS) is 10.3. The van der Waals surface area contributed by atoms with Gasteiger partial charge >= 0.3 is 0 Å². The molecule has 0 aliphatic heterocycles. The van der Waals surface area contributed by atoms with Crippen molar-refractivity contribution in [3.8, 4) is 5.75 Å². The molecule has 2 aromatic rings. The van der Waals surface area contributed by atoms with Crippen molar-refractivity contribution in [2.24, 2.45) is 0 Å². The minimum Gasteiger partial charge on any atom is -0.493 e. The number of ketones is 1. The van der Waals surface area contributed by atoms with Gasteiger partial charge in [0, 0.05) is 21.8 Å². The third-order valence-corrected chi connectivity index (χ3v) is 3.51. The summed E-state index contributed by atoms with van der Waals surface area (Å²) in [6.45, 7) is 2.47. The SMILES string of the molecule is CCOc1ccc(C(=O)c2cc(N)cc(Cl)c2)cc1Br. The fraction of sp³-hybridized carbons (Fsp3) is 0.133. The Labute approximate surface area is 130 Å². The maximum atomic E-state index is 12.4. The summed E-state index contributed by atoms with van der Waals surface area (Å²) < 4.78 is 6.15. The fourth-order valence-corrected chi connectivity index (χ4v) is 2.56. The van der Waals surface area contributed by atoms with E-state index in [0.29, 0.717) is 34.2 Å². The summed E-state index contributed by atoms with van der Waals surface area (Å²) in [5.74, 6) is 0.567. The summed E-state index contributed by atoms with van der Waals surface area (Å²) in [5, 5.41) is 0.443. The first-order valence-electron chi connectivity index (χ1n) is 6.04. The molecule has 2 N–H and O–H groups in total. The van der Waals surface area contributed by atoms with Crippen LogP contribution in [0.15, 0.2) is 40.9 Å². The molecule has 0 atom stereocenters. The molecule has 20 heavy (non-hydrogen) atoms. The van der Waals surface area contributed by atoms with E-state index in [-0.39, 0.29) is 5.78 Å². The molecule has 0 saturated carbocycles. The van der Waals surface area contributed by atoms with E-state index in [1.165, 1.54) is 0 Å². The van der Waals surface area contributed by atoms with Crippen LogP contribution >= 0.6 is 27.5 Å². The van der Waals surface area contributed by atoms with E-state index in [0.717, 1.165) is 4.47 Å². The highest BCUT2D eigenvalue weighted by molar-refractivity contribution is 9.10. The average Bonchev–Trinajstić information content (AvgIpc) is 2.39. The lowest BCUT2D eigenvalue weighted by Crippen LogP contribution is -2.03. The van der Waals surface area contributed by atoms with Crippen LogP contribution in [0.2, 0.25) is 5.02 Å². The lowest BCUT2D eigenvalue weighted by molar-refractivity contribution is 0.103. The van der Waals surface area contributed by atoms with Crippen molar-refractivity contribution in [1.29, 1.82) is 0 Å². The molecule has 0 bridgehead atoms. The van der Waals surface area contributed by atoms with E-state index in [4.69, 9.17) is 22.1 Å². The van der Waals surface area contributed by atoms with Crippen LogP contribution < -0.4 is 10.5 Å². The summed E-state index contributed by atoms with van der Waals surface area (Å²) in [6.07, 6.45) is 0. The molecule has 0 saturated heterocycles. The van der Waals surface area contributed by atoms with Crippen LogP contribution in [-0.4, -0.2) is 12.4 Å². The largest absolute Gasteiger partial charge is 0.493 e. The number of ether oxygens (including phenoxy) is 1. The zero-order valence-electron chi connectivity index (χ0n) is 10.8. The monoisotopic (exact) mass is 353 g/mol. The lowest BCUT2D eigenvalue weighted by Gasteiger charge is -2.08. The Morgan fingerprint density at radius 2 is 2.00 bits per heavy atom. The van der Waals surface area contributed by atoms with Crippen LogP contribution in [-0.2, 0) is 0 Å². The number of carbonyl (C=O) groups is 1. The summed E-state index contributed by atoms with van der Waals surface area (Å²) in [6, 6.07) is 10.0. The molecule has 0 aliphatic rings. The van der Waals surface area contributed by atoms with Crippen LogP contribution in [0, 0.1) is 0 Å². The van der Waals surface area contributed by atoms with Gasteiger partial charge in [-0.3, -0.25) is 4.79 Å². The molecule has 5 heteroatoms. The predicted molar refractivity (Wildman–Crippen MR) is 84.6 cm³/mol. The van der Waals surface area contributed by atoms with Gasteiger partial charge in [0.25, 0.3) is 0 Å². The first kappa shape index (κ1) is 14.9. The van der Waals surface area contributed by atoms with E-state index in [1.54, 1.807) is 36.4 Å². The van der Waals surface area contributed by atoms with Crippen molar-refractivity contribution < 1.29 is 9.53 Å². The molecule has 2 rings (SSSR count). The Kier molecular flexibility index (Phi) is 4.68. The van der Waals surface area contributed by atoms with E-state index in [2.05, 4.69) is 15.9 Å². The highest BCUT2D eigenvalue weighted by atomic mass is 79.9. The molecule has 104 valence electrons. The second-order valence-electron chi connectivity index (χ2n) is 4.18. The zero-order valence-corrected chi connectivity index (χ0v) is 13.2.